The molecule has 0 aliphatic carbocycles. The molecular formula is C34H42I2NOPPd. The Bertz CT molecular complexity index is 1250. The van der Waals surface area contributed by atoms with E-state index in [0.717, 1.165) is 16.8 Å². The van der Waals surface area contributed by atoms with E-state index in [0.29, 0.717) is 17.8 Å². The van der Waals surface area contributed by atoms with Crippen molar-refractivity contribution in [3.8, 4) is 22.3 Å². The molecule has 4 rings (SSSR count). The topological polar surface area (TPSA) is 57.5 Å². The van der Waals surface area contributed by atoms with Crippen LogP contribution in [0.2, 0.25) is 0 Å². The van der Waals surface area contributed by atoms with Gasteiger partial charge in [0.1, 0.15) is 0 Å². The van der Waals surface area contributed by atoms with Gasteiger partial charge in [0.2, 0.25) is 0 Å². The molecule has 2 nitrogen and oxygen atoms in total. The second kappa shape index (κ2) is 20.2. The van der Waals surface area contributed by atoms with Crippen LogP contribution >= 0.6 is 54.4 Å². The van der Waals surface area contributed by atoms with Gasteiger partial charge in [-0.25, -0.2) is 2.43 Å². The van der Waals surface area contributed by atoms with Gasteiger partial charge in [-0.15, -0.1) is 45.1 Å². The number of hydrogen-bond acceptors (Lipinski definition) is 1. The molecule has 4 N–H and O–H groups in total. The maximum atomic E-state index is 5.83. The number of rotatable bonds is 5. The third-order valence-electron chi connectivity index (χ3n) is 6.32. The molecule has 4 aromatic rings. The first-order valence-electron chi connectivity index (χ1n) is 13.0. The summed E-state index contributed by atoms with van der Waals surface area (Å²) in [6, 6.07) is 32.3. The van der Waals surface area contributed by atoms with Crippen LogP contribution in [0.3, 0.4) is 0 Å². The summed E-state index contributed by atoms with van der Waals surface area (Å²) in [5, 5.41) is 1.28. The van der Waals surface area contributed by atoms with Crippen LogP contribution in [0.1, 0.15) is 76.0 Å². The van der Waals surface area contributed by atoms with E-state index in [1.807, 2.05) is 51.0 Å². The van der Waals surface area contributed by atoms with Crippen LogP contribution in [0.25, 0.3) is 22.3 Å². The van der Waals surface area contributed by atoms with Crippen LogP contribution < -0.4 is 11.0 Å². The van der Waals surface area contributed by atoms with Gasteiger partial charge in [-0.3, -0.25) is 0 Å². The smallest absolute Gasteiger partial charge is 0.412 e. The Labute approximate surface area is 286 Å². The first kappa shape index (κ1) is 39.2. The summed E-state index contributed by atoms with van der Waals surface area (Å²) in [5.74, 6) is 1.61. The molecule has 0 heterocycles. The Morgan fingerprint density at radius 2 is 1.20 bits per heavy atom. The third-order valence-corrected chi connectivity index (χ3v) is 6.83. The molecule has 0 spiro atoms. The Balaban J connectivity index is 0.000000722. The minimum absolute atomic E-state index is 0. The van der Waals surface area contributed by atoms with E-state index in [-0.39, 0.29) is 25.9 Å². The van der Waals surface area contributed by atoms with Crippen LogP contribution in [0.5, 0.6) is 0 Å². The van der Waals surface area contributed by atoms with E-state index in [2.05, 4.69) is 138 Å². The summed E-state index contributed by atoms with van der Waals surface area (Å²) < 4.78 is 1.94. The van der Waals surface area contributed by atoms with Gasteiger partial charge in [-0.1, -0.05) is 102 Å². The predicted octanol–water partition coefficient (Wildman–Crippen LogP) is 10.1. The van der Waals surface area contributed by atoms with Crippen LogP contribution in [0, 0.1) is 8.50 Å². The van der Waals surface area contributed by atoms with Crippen molar-refractivity contribution in [3.05, 3.63) is 110 Å². The standard InChI is InChI=1S/C21H29P.C12H10N.CHI2.H2O.Pd/c1-13(2)16-11-18(14(3)4)21(19(12-16)15(5)6)17-9-7-8-10-20(17)22;13-12-9-5-4-8-11(12)10-6-2-1-3-7-10;2-1-3;;/h7-15H,22H2,1-6H3;1-6,8-9H,13H2;1H;1H2;/q;2*-1;;+2. The van der Waals surface area contributed by atoms with Crippen LogP contribution in [-0.4, -0.2) is 5.48 Å². The SMILES string of the molecule is CC(C)c1cc(C(C)C)c(-c2ccccc2P)c(C(C)C)c1.I[CH-]I.Nc1ccccc1-c1[c-]cccc1.O.[Pd+2]. The van der Waals surface area contributed by atoms with Gasteiger partial charge in [0.15, 0.2) is 0 Å². The largest absolute Gasteiger partial charge is 2.00 e. The van der Waals surface area contributed by atoms with E-state index in [1.165, 1.54) is 33.1 Å². The molecule has 0 saturated carbocycles. The van der Waals surface area contributed by atoms with E-state index in [4.69, 9.17) is 5.73 Å². The van der Waals surface area contributed by atoms with Gasteiger partial charge >= 0.3 is 20.4 Å². The molecule has 0 fully saturated rings. The van der Waals surface area contributed by atoms with Crippen LogP contribution in [0.15, 0.2) is 84.9 Å². The average Bonchev–Trinajstić information content (AvgIpc) is 2.90. The summed E-state index contributed by atoms with van der Waals surface area (Å²) in [6.45, 7) is 13.8. The Kier molecular flexibility index (Phi) is 19.8. The second-order valence-corrected chi connectivity index (χ2v) is 14.3. The van der Waals surface area contributed by atoms with Crippen molar-refractivity contribution in [2.24, 2.45) is 0 Å². The average molecular weight is 872 g/mol. The van der Waals surface area contributed by atoms with Crippen molar-refractivity contribution in [1.82, 2.24) is 0 Å². The Morgan fingerprint density at radius 3 is 1.62 bits per heavy atom. The molecule has 0 amide bonds. The molecule has 0 aliphatic rings. The zero-order valence-corrected chi connectivity index (χ0v) is 31.1. The fourth-order valence-corrected chi connectivity index (χ4v) is 4.65. The first-order chi connectivity index (χ1) is 18.1. The van der Waals surface area contributed by atoms with Gasteiger partial charge in [-0.2, -0.15) is 0 Å². The summed E-state index contributed by atoms with van der Waals surface area (Å²) in [4.78, 5) is 0. The van der Waals surface area contributed by atoms with Crippen molar-refractivity contribution < 1.29 is 25.9 Å². The van der Waals surface area contributed by atoms with Gasteiger partial charge < -0.3 is 56.4 Å². The molecular weight excluding hydrogens is 830 g/mol. The van der Waals surface area contributed by atoms with Gasteiger partial charge in [0, 0.05) is 0 Å². The fourth-order valence-electron chi connectivity index (χ4n) is 4.29. The molecule has 0 aromatic heterocycles. The zero-order chi connectivity index (χ0) is 28.2. The maximum Gasteiger partial charge on any atom is 2.00 e. The van der Waals surface area contributed by atoms with Crippen molar-refractivity contribution in [2.45, 2.75) is 59.3 Å². The zero-order valence-electron chi connectivity index (χ0n) is 24.1. The van der Waals surface area contributed by atoms with Crippen LogP contribution in [-0.2, 0) is 20.4 Å². The number of nitrogens with two attached hydrogens (primary N) is 1. The number of halogens is 2. The monoisotopic (exact) mass is 871 g/mol. The third kappa shape index (κ3) is 11.5. The molecule has 1 atom stereocenters. The van der Waals surface area contributed by atoms with Gasteiger partial charge in [0.05, 0.1) is 0 Å². The quantitative estimate of drug-likeness (QED) is 0.0702. The Hall–Kier alpha value is -0.808. The molecule has 6 heteroatoms. The molecule has 0 aliphatic heterocycles. The molecule has 0 radical (unpaired) electrons. The van der Waals surface area contributed by atoms with Crippen LogP contribution in [0.4, 0.5) is 5.69 Å². The molecule has 40 heavy (non-hydrogen) atoms. The number of hydrogen-bond donors (Lipinski definition) is 1. The van der Waals surface area contributed by atoms with E-state index in [1.54, 1.807) is 0 Å². The minimum atomic E-state index is 0. The molecule has 0 bridgehead atoms. The second-order valence-electron chi connectivity index (χ2n) is 10.1. The van der Waals surface area contributed by atoms with E-state index >= 15 is 0 Å². The van der Waals surface area contributed by atoms with Gasteiger partial charge in [-0.05, 0) is 62.6 Å². The van der Waals surface area contributed by atoms with Crippen molar-refractivity contribution >= 4 is 65.4 Å². The maximum absolute atomic E-state index is 5.83. The van der Waals surface area contributed by atoms with E-state index in [9.17, 15) is 0 Å². The summed E-state index contributed by atoms with van der Waals surface area (Å²) in [5.41, 5.74) is 15.9. The van der Waals surface area contributed by atoms with E-state index < -0.39 is 0 Å². The van der Waals surface area contributed by atoms with Gasteiger partial charge in [0.25, 0.3) is 0 Å². The van der Waals surface area contributed by atoms with Crippen molar-refractivity contribution in [2.75, 3.05) is 5.73 Å². The number of para-hydroxylation sites is 1. The Morgan fingerprint density at radius 1 is 0.725 bits per heavy atom. The number of anilines is 1. The van der Waals surface area contributed by atoms with Crippen molar-refractivity contribution in [3.63, 3.8) is 0 Å². The van der Waals surface area contributed by atoms with Crippen molar-refractivity contribution in [1.29, 1.82) is 0 Å². The summed E-state index contributed by atoms with van der Waals surface area (Å²) >= 11 is 4.30. The molecule has 218 valence electrons. The summed E-state index contributed by atoms with van der Waals surface area (Å²) in [6.07, 6.45) is 0. The minimum Gasteiger partial charge on any atom is -0.412 e. The first-order valence-corrected chi connectivity index (χ1v) is 16.0. The molecule has 4 aromatic carbocycles. The summed E-state index contributed by atoms with van der Waals surface area (Å²) in [7, 11) is 2.90. The number of nitrogen functional groups attached to an aromatic ring is 1. The predicted molar refractivity (Wildman–Crippen MR) is 195 cm³/mol. The molecule has 1 unspecified atom stereocenters. The normalized spacial score (nSPS) is 10.1. The number of benzene rings is 4. The fraction of sp³-hybridized carbons (Fsp3) is 0.265. The molecule has 0 saturated heterocycles.